The number of amides is 1. The van der Waals surface area contributed by atoms with Gasteiger partial charge in [-0.15, -0.1) is 0 Å². The summed E-state index contributed by atoms with van der Waals surface area (Å²) in [7, 11) is 1.80. The van der Waals surface area contributed by atoms with Crippen LogP contribution in [0, 0.1) is 12.7 Å². The first-order valence-corrected chi connectivity index (χ1v) is 11.9. The molecule has 5 heterocycles. The minimum Gasteiger partial charge on any atom is -0.388 e. The number of aliphatic hydroxyl groups is 1. The van der Waals surface area contributed by atoms with Crippen molar-refractivity contribution >= 4 is 23.2 Å². The Bertz CT molecular complexity index is 1500. The van der Waals surface area contributed by atoms with E-state index in [-0.39, 0.29) is 37.1 Å². The number of imidazole rings is 1. The molecule has 0 aliphatic carbocycles. The Labute approximate surface area is 210 Å². The van der Waals surface area contributed by atoms with Crippen molar-refractivity contribution in [3.05, 3.63) is 65.0 Å². The van der Waals surface area contributed by atoms with Crippen LogP contribution in [0.4, 0.5) is 4.39 Å². The molecule has 186 valence electrons. The molecule has 9 nitrogen and oxygen atoms in total. The predicted molar refractivity (Wildman–Crippen MR) is 129 cm³/mol. The largest absolute Gasteiger partial charge is 0.388 e. The fraction of sp³-hybridized carbons (Fsp3) is 0.320. The maximum Gasteiger partial charge on any atom is 0.251 e. The van der Waals surface area contributed by atoms with Crippen molar-refractivity contribution in [1.29, 1.82) is 0 Å². The molecule has 1 amide bonds. The van der Waals surface area contributed by atoms with Gasteiger partial charge in [0.15, 0.2) is 0 Å². The summed E-state index contributed by atoms with van der Waals surface area (Å²) < 4.78 is 28.8. The van der Waals surface area contributed by atoms with E-state index >= 15 is 0 Å². The third-order valence-electron chi connectivity index (χ3n) is 6.71. The highest BCUT2D eigenvalue weighted by Gasteiger charge is 2.47. The molecule has 0 radical (unpaired) electrons. The number of nitrogens with zero attached hydrogens (tertiary/aromatic N) is 4. The molecule has 11 heteroatoms. The number of rotatable bonds is 4. The minimum atomic E-state index is -0.689. The number of aromatic nitrogens is 4. The van der Waals surface area contributed by atoms with Gasteiger partial charge in [0.25, 0.3) is 5.91 Å². The van der Waals surface area contributed by atoms with Gasteiger partial charge in [0.05, 0.1) is 24.9 Å². The van der Waals surface area contributed by atoms with Crippen LogP contribution in [0.15, 0.2) is 42.7 Å². The van der Waals surface area contributed by atoms with Crippen LogP contribution in [0.1, 0.15) is 16.1 Å². The quantitative estimate of drug-likeness (QED) is 0.437. The molecule has 2 aliphatic rings. The number of pyridine rings is 1. The number of aryl methyl sites for hydroxylation is 2. The van der Waals surface area contributed by atoms with Gasteiger partial charge in [-0.3, -0.25) is 13.9 Å². The van der Waals surface area contributed by atoms with Gasteiger partial charge in [-0.2, -0.15) is 5.10 Å². The van der Waals surface area contributed by atoms with Crippen molar-refractivity contribution in [3.63, 3.8) is 0 Å². The summed E-state index contributed by atoms with van der Waals surface area (Å²) in [5, 5.41) is 17.6. The van der Waals surface area contributed by atoms with E-state index < -0.39 is 12.2 Å². The fourth-order valence-corrected chi connectivity index (χ4v) is 5.28. The van der Waals surface area contributed by atoms with Crippen molar-refractivity contribution in [2.45, 2.75) is 31.3 Å². The van der Waals surface area contributed by atoms with E-state index in [2.05, 4.69) is 10.4 Å². The number of ether oxygens (including phenoxy) is 2. The molecule has 4 aromatic rings. The van der Waals surface area contributed by atoms with Gasteiger partial charge in [-0.25, -0.2) is 9.37 Å². The van der Waals surface area contributed by atoms with E-state index in [1.54, 1.807) is 40.5 Å². The number of fused-ring (bicyclic) bond motifs is 2. The molecule has 4 atom stereocenters. The molecule has 2 saturated heterocycles. The van der Waals surface area contributed by atoms with Crippen molar-refractivity contribution in [3.8, 4) is 22.4 Å². The lowest BCUT2D eigenvalue weighted by Gasteiger charge is -2.17. The maximum atomic E-state index is 14.2. The Morgan fingerprint density at radius 1 is 1.17 bits per heavy atom. The van der Waals surface area contributed by atoms with Gasteiger partial charge in [-0.1, -0.05) is 11.6 Å². The number of halogens is 2. The highest BCUT2D eigenvalue weighted by Crippen LogP contribution is 2.37. The lowest BCUT2D eigenvalue weighted by atomic mass is 9.98. The number of carbonyl (C=O) groups excluding carboxylic acids is 1. The van der Waals surface area contributed by atoms with Crippen molar-refractivity contribution in [2.75, 3.05) is 13.2 Å². The zero-order valence-corrected chi connectivity index (χ0v) is 20.2. The highest BCUT2D eigenvalue weighted by atomic mass is 35.5. The third-order valence-corrected chi connectivity index (χ3v) is 7.08. The van der Waals surface area contributed by atoms with Crippen molar-refractivity contribution in [1.82, 2.24) is 24.5 Å². The molecular weight excluding hydrogens is 489 g/mol. The Kier molecular flexibility index (Phi) is 5.56. The van der Waals surface area contributed by atoms with Crippen molar-refractivity contribution in [2.24, 2.45) is 7.05 Å². The van der Waals surface area contributed by atoms with Crippen LogP contribution in [0.2, 0.25) is 5.15 Å². The average molecular weight is 512 g/mol. The molecule has 0 bridgehead atoms. The summed E-state index contributed by atoms with van der Waals surface area (Å²) in [5.74, 6) is -0.696. The van der Waals surface area contributed by atoms with E-state index in [9.17, 15) is 14.3 Å². The summed E-state index contributed by atoms with van der Waals surface area (Å²) >= 11 is 6.71. The second-order valence-electron chi connectivity index (χ2n) is 9.13. The first-order chi connectivity index (χ1) is 17.3. The molecule has 2 N–H and O–H groups in total. The van der Waals surface area contributed by atoms with E-state index in [0.717, 1.165) is 11.3 Å². The number of carbonyl (C=O) groups is 1. The van der Waals surface area contributed by atoms with E-state index in [1.807, 2.05) is 13.1 Å². The zero-order chi connectivity index (χ0) is 25.1. The van der Waals surface area contributed by atoms with Crippen LogP contribution in [0.5, 0.6) is 0 Å². The summed E-state index contributed by atoms with van der Waals surface area (Å²) in [6.07, 6.45) is 1.99. The lowest BCUT2D eigenvalue weighted by Crippen LogP contribution is -2.44. The first kappa shape index (κ1) is 23.1. The minimum absolute atomic E-state index is 0.187. The van der Waals surface area contributed by atoms with Crippen LogP contribution < -0.4 is 5.32 Å². The number of hydrogen-bond acceptors (Lipinski definition) is 6. The number of benzene rings is 1. The molecule has 0 spiro atoms. The molecule has 0 saturated carbocycles. The Hall–Kier alpha value is -3.31. The van der Waals surface area contributed by atoms with Crippen molar-refractivity contribution < 1.29 is 23.8 Å². The van der Waals surface area contributed by atoms with Gasteiger partial charge in [-0.05, 0) is 42.8 Å². The van der Waals surface area contributed by atoms with Gasteiger partial charge in [0, 0.05) is 36.1 Å². The highest BCUT2D eigenvalue weighted by molar-refractivity contribution is 6.32. The standard InChI is InChI=1S/C25H23ClFN5O4/c1-12-17(9-31(2)30-12)16-8-14(27)3-4-15(16)21-24(26)32-6-5-13(7-20(32)29-21)25(34)28-18-10-35-23-19(33)11-36-22(18)23/h3-9,18-19,22-23,33H,10-11H2,1-2H3,(H,28,34)/t18-,19-,22-,23-/m1/s1. The predicted octanol–water partition coefficient (Wildman–Crippen LogP) is 2.76. The SMILES string of the molecule is Cc1nn(C)cc1-c1cc(F)ccc1-c1nc2cc(C(=O)N[C@@H]3CO[C@H]4[C@@H]3OC[C@H]4O)ccn2c1Cl. The topological polar surface area (TPSA) is 103 Å². The second-order valence-corrected chi connectivity index (χ2v) is 9.49. The zero-order valence-electron chi connectivity index (χ0n) is 19.5. The van der Waals surface area contributed by atoms with Crippen LogP contribution in [-0.2, 0) is 16.5 Å². The Balaban J connectivity index is 1.34. The molecule has 0 unspecified atom stereocenters. The molecule has 2 fully saturated rings. The van der Waals surface area contributed by atoms with Gasteiger partial charge in [0.2, 0.25) is 0 Å². The Morgan fingerprint density at radius 3 is 2.75 bits per heavy atom. The van der Waals surface area contributed by atoms with E-state index in [4.69, 9.17) is 26.1 Å². The summed E-state index contributed by atoms with van der Waals surface area (Å²) in [6.45, 7) is 2.31. The molecule has 3 aromatic heterocycles. The summed E-state index contributed by atoms with van der Waals surface area (Å²) in [5.41, 5.74) is 4.12. The normalized spacial score (nSPS) is 23.4. The number of aliphatic hydroxyl groups excluding tert-OH is 1. The molecule has 6 rings (SSSR count). The molecule has 36 heavy (non-hydrogen) atoms. The number of nitrogens with one attached hydrogen (secondary N) is 1. The van der Waals surface area contributed by atoms with Crippen LogP contribution in [-0.4, -0.2) is 67.7 Å². The van der Waals surface area contributed by atoms with Crippen LogP contribution >= 0.6 is 11.6 Å². The fourth-order valence-electron chi connectivity index (χ4n) is 4.99. The van der Waals surface area contributed by atoms with Gasteiger partial charge < -0.3 is 19.9 Å². The molecular formula is C25H23ClFN5O4. The maximum absolute atomic E-state index is 14.2. The summed E-state index contributed by atoms with van der Waals surface area (Å²) in [4.78, 5) is 17.7. The number of hydrogen-bond donors (Lipinski definition) is 2. The van der Waals surface area contributed by atoms with E-state index in [1.165, 1.54) is 12.1 Å². The van der Waals surface area contributed by atoms with Crippen LogP contribution in [0.25, 0.3) is 28.0 Å². The molecule has 1 aromatic carbocycles. The summed E-state index contributed by atoms with van der Waals surface area (Å²) in [6, 6.07) is 7.37. The van der Waals surface area contributed by atoms with Gasteiger partial charge >= 0.3 is 0 Å². The lowest BCUT2D eigenvalue weighted by molar-refractivity contribution is 0.0178. The van der Waals surface area contributed by atoms with Crippen LogP contribution in [0.3, 0.4) is 0 Å². The van der Waals surface area contributed by atoms with Gasteiger partial charge in [0.1, 0.15) is 40.6 Å². The smallest absolute Gasteiger partial charge is 0.251 e. The monoisotopic (exact) mass is 511 g/mol. The third kappa shape index (κ3) is 3.77. The molecule has 2 aliphatic heterocycles. The second kappa shape index (κ2) is 8.67. The average Bonchev–Trinajstić information content (AvgIpc) is 3.59. The Morgan fingerprint density at radius 2 is 1.97 bits per heavy atom. The first-order valence-electron chi connectivity index (χ1n) is 11.5. The van der Waals surface area contributed by atoms with E-state index in [0.29, 0.717) is 33.2 Å².